The predicted molar refractivity (Wildman–Crippen MR) is 115 cm³/mol. The average molecular weight is 424 g/mol. The zero-order valence-electron chi connectivity index (χ0n) is 17.0. The fraction of sp³-hybridized carbons (Fsp3) is 0.455. The van der Waals surface area contributed by atoms with Crippen LogP contribution in [0.1, 0.15) is 66.6 Å². The first kappa shape index (κ1) is 19.2. The number of thiazole rings is 1. The fourth-order valence-corrected chi connectivity index (χ4v) is 4.68. The van der Waals surface area contributed by atoms with Gasteiger partial charge in [-0.05, 0) is 56.9 Å². The number of benzene rings is 1. The number of ether oxygens (including phenoxy) is 1. The van der Waals surface area contributed by atoms with Gasteiger partial charge in [0.2, 0.25) is 0 Å². The molecule has 0 unspecified atom stereocenters. The lowest BCUT2D eigenvalue weighted by Crippen LogP contribution is -2.38. The number of carbonyl (C=O) groups is 1. The van der Waals surface area contributed by atoms with Gasteiger partial charge in [0.25, 0.3) is 5.91 Å². The topological polar surface area (TPSA) is 84.0 Å². The number of aromatic amines is 1. The van der Waals surface area contributed by atoms with Crippen LogP contribution >= 0.6 is 11.3 Å². The predicted octanol–water partition coefficient (Wildman–Crippen LogP) is 4.22. The Morgan fingerprint density at radius 2 is 1.90 bits per heavy atom. The maximum atomic E-state index is 12.9. The summed E-state index contributed by atoms with van der Waals surface area (Å²) in [6.07, 6.45) is 4.22. The zero-order valence-corrected chi connectivity index (χ0v) is 17.8. The number of nitrogens with one attached hydrogen (secondary N) is 1. The molecule has 2 aliphatic rings. The number of rotatable bonds is 6. The zero-order chi connectivity index (χ0) is 20.5. The van der Waals surface area contributed by atoms with Crippen molar-refractivity contribution in [3.05, 3.63) is 47.0 Å². The van der Waals surface area contributed by atoms with E-state index >= 15 is 0 Å². The summed E-state index contributed by atoms with van der Waals surface area (Å²) in [7, 11) is 0. The first-order valence-corrected chi connectivity index (χ1v) is 11.5. The molecule has 7 nitrogen and oxygen atoms in total. The molecule has 0 spiro atoms. The van der Waals surface area contributed by atoms with Crippen LogP contribution in [0.15, 0.2) is 29.6 Å². The molecule has 0 atom stereocenters. The van der Waals surface area contributed by atoms with Gasteiger partial charge in [-0.2, -0.15) is 5.10 Å². The average Bonchev–Trinajstić information content (AvgIpc) is 3.31. The Morgan fingerprint density at radius 1 is 1.13 bits per heavy atom. The minimum absolute atomic E-state index is 0.0122. The Kier molecular flexibility index (Phi) is 5.25. The number of aromatic nitrogens is 4. The molecule has 1 aliphatic heterocycles. The molecular formula is C22H25N5O2S. The summed E-state index contributed by atoms with van der Waals surface area (Å²) in [6.45, 7) is 4.05. The molecule has 1 N–H and O–H groups in total. The number of hydrogen-bond acceptors (Lipinski definition) is 6. The molecule has 1 saturated heterocycles. The van der Waals surface area contributed by atoms with Crippen molar-refractivity contribution in [2.75, 3.05) is 19.7 Å². The van der Waals surface area contributed by atoms with Gasteiger partial charge in [-0.3, -0.25) is 9.89 Å². The summed E-state index contributed by atoms with van der Waals surface area (Å²) in [5.41, 5.74) is 1.52. The van der Waals surface area contributed by atoms with Gasteiger partial charge < -0.3 is 9.64 Å². The second-order valence-electron chi connectivity index (χ2n) is 7.91. The first-order chi connectivity index (χ1) is 14.7. The highest BCUT2D eigenvalue weighted by Crippen LogP contribution is 2.38. The van der Waals surface area contributed by atoms with E-state index in [1.165, 1.54) is 24.2 Å². The minimum Gasteiger partial charge on any atom is -0.494 e. The normalized spacial score (nSPS) is 17.3. The lowest BCUT2D eigenvalue weighted by atomic mass is 9.96. The van der Waals surface area contributed by atoms with Crippen LogP contribution in [0.2, 0.25) is 0 Å². The van der Waals surface area contributed by atoms with Crippen molar-refractivity contribution in [1.29, 1.82) is 0 Å². The summed E-state index contributed by atoms with van der Waals surface area (Å²) in [5.74, 6) is 3.71. The van der Waals surface area contributed by atoms with Crippen molar-refractivity contribution >= 4 is 17.2 Å². The number of likely N-dealkylation sites (tertiary alicyclic amines) is 1. The van der Waals surface area contributed by atoms with Crippen LogP contribution in [-0.4, -0.2) is 50.7 Å². The molecule has 8 heteroatoms. The number of amides is 1. The van der Waals surface area contributed by atoms with Crippen LogP contribution in [0, 0.1) is 0 Å². The van der Waals surface area contributed by atoms with Crippen molar-refractivity contribution < 1.29 is 9.53 Å². The Hall–Kier alpha value is -2.74. The summed E-state index contributed by atoms with van der Waals surface area (Å²) >= 11 is 1.50. The summed E-state index contributed by atoms with van der Waals surface area (Å²) in [4.78, 5) is 24.1. The molecule has 1 amide bonds. The van der Waals surface area contributed by atoms with Crippen molar-refractivity contribution in [3.8, 4) is 16.3 Å². The van der Waals surface area contributed by atoms with Gasteiger partial charge in [-0.1, -0.05) is 0 Å². The Labute approximate surface area is 179 Å². The highest BCUT2D eigenvalue weighted by atomic mass is 32.1. The number of H-pyrrole nitrogens is 1. The molecule has 2 fully saturated rings. The number of hydrogen-bond donors (Lipinski definition) is 1. The smallest absolute Gasteiger partial charge is 0.273 e. The summed E-state index contributed by atoms with van der Waals surface area (Å²) < 4.78 is 5.49. The van der Waals surface area contributed by atoms with Crippen molar-refractivity contribution in [2.45, 2.75) is 44.4 Å². The van der Waals surface area contributed by atoms with Gasteiger partial charge in [0.05, 0.1) is 6.61 Å². The van der Waals surface area contributed by atoms with E-state index in [-0.39, 0.29) is 5.91 Å². The number of carbonyl (C=O) groups excluding carboxylic acids is 1. The second kappa shape index (κ2) is 8.18. The van der Waals surface area contributed by atoms with Crippen LogP contribution in [0.5, 0.6) is 5.75 Å². The summed E-state index contributed by atoms with van der Waals surface area (Å²) in [6, 6.07) is 7.84. The minimum atomic E-state index is 0.0122. The molecule has 1 saturated carbocycles. The van der Waals surface area contributed by atoms with E-state index in [0.29, 0.717) is 24.1 Å². The van der Waals surface area contributed by atoms with Gasteiger partial charge in [-0.15, -0.1) is 11.3 Å². The Bertz CT molecular complexity index is 1020. The molecule has 2 aromatic heterocycles. The van der Waals surface area contributed by atoms with Crippen molar-refractivity contribution in [3.63, 3.8) is 0 Å². The largest absolute Gasteiger partial charge is 0.494 e. The van der Waals surface area contributed by atoms with Crippen LogP contribution in [-0.2, 0) is 0 Å². The van der Waals surface area contributed by atoms with Crippen molar-refractivity contribution in [1.82, 2.24) is 25.1 Å². The van der Waals surface area contributed by atoms with Gasteiger partial charge in [0.15, 0.2) is 5.82 Å². The van der Waals surface area contributed by atoms with Crippen LogP contribution in [0.3, 0.4) is 0 Å². The maximum Gasteiger partial charge on any atom is 0.273 e. The molecule has 0 bridgehead atoms. The van der Waals surface area contributed by atoms with E-state index in [1.54, 1.807) is 0 Å². The van der Waals surface area contributed by atoms with E-state index in [2.05, 4.69) is 20.2 Å². The Morgan fingerprint density at radius 3 is 2.60 bits per heavy atom. The lowest BCUT2D eigenvalue weighted by Gasteiger charge is -2.30. The molecule has 3 aromatic rings. The van der Waals surface area contributed by atoms with Gasteiger partial charge in [-0.25, -0.2) is 9.97 Å². The molecular weight excluding hydrogens is 398 g/mol. The third kappa shape index (κ3) is 3.96. The van der Waals surface area contributed by atoms with Crippen molar-refractivity contribution in [2.24, 2.45) is 0 Å². The number of piperidine rings is 1. The summed E-state index contributed by atoms with van der Waals surface area (Å²) in [5, 5.41) is 10.2. The van der Waals surface area contributed by atoms with E-state index in [4.69, 9.17) is 4.74 Å². The molecule has 1 aromatic carbocycles. The quantitative estimate of drug-likeness (QED) is 0.642. The standard InChI is InChI=1S/C22H25N5O2S/c1-2-29-17-7-5-16(6-8-17)21-23-18(13-30-21)22(28)27-11-9-15(10-12-27)20-24-19(25-26-20)14-3-4-14/h5-8,13-15H,2-4,9-12H2,1H3,(H,24,25,26). The van der Waals surface area contributed by atoms with E-state index < -0.39 is 0 Å². The molecule has 3 heterocycles. The third-order valence-corrected chi connectivity index (χ3v) is 6.66. The lowest BCUT2D eigenvalue weighted by molar-refractivity contribution is 0.0706. The maximum absolute atomic E-state index is 12.9. The Balaban J connectivity index is 1.20. The highest BCUT2D eigenvalue weighted by Gasteiger charge is 2.31. The van der Waals surface area contributed by atoms with E-state index in [1.807, 2.05) is 41.5 Å². The highest BCUT2D eigenvalue weighted by molar-refractivity contribution is 7.13. The third-order valence-electron chi connectivity index (χ3n) is 5.77. The first-order valence-electron chi connectivity index (χ1n) is 10.6. The van der Waals surface area contributed by atoms with Crippen LogP contribution in [0.4, 0.5) is 0 Å². The molecule has 5 rings (SSSR count). The molecule has 30 heavy (non-hydrogen) atoms. The van der Waals surface area contributed by atoms with Gasteiger partial charge >= 0.3 is 0 Å². The monoisotopic (exact) mass is 423 g/mol. The molecule has 0 radical (unpaired) electrons. The second-order valence-corrected chi connectivity index (χ2v) is 8.77. The SMILES string of the molecule is CCOc1ccc(-c2nc(C(=O)N3CCC(c4nc(C5CC5)n[nH]4)CC3)cs2)cc1. The molecule has 156 valence electrons. The fourth-order valence-electron chi connectivity index (χ4n) is 3.88. The van der Waals surface area contributed by atoms with Crippen LogP contribution in [0.25, 0.3) is 10.6 Å². The van der Waals surface area contributed by atoms with E-state index in [9.17, 15) is 4.79 Å². The van der Waals surface area contributed by atoms with Gasteiger partial charge in [0.1, 0.15) is 22.3 Å². The number of nitrogens with zero attached hydrogens (tertiary/aromatic N) is 4. The van der Waals surface area contributed by atoms with E-state index in [0.717, 1.165) is 53.9 Å². The molecule has 1 aliphatic carbocycles. The van der Waals surface area contributed by atoms with Gasteiger partial charge in [0, 0.05) is 35.9 Å². The van der Waals surface area contributed by atoms with Crippen LogP contribution < -0.4 is 4.74 Å².